The lowest BCUT2D eigenvalue weighted by Gasteiger charge is -2.25. The first kappa shape index (κ1) is 19.8. The van der Waals surface area contributed by atoms with E-state index in [-0.39, 0.29) is 11.3 Å². The number of amides is 1. The molecule has 0 aliphatic carbocycles. The van der Waals surface area contributed by atoms with Crippen LogP contribution in [-0.4, -0.2) is 41.9 Å². The number of hydrogen-bond acceptors (Lipinski definition) is 2. The molecule has 1 aromatic carbocycles. The number of rotatable bonds is 3. The molecule has 1 heterocycles. The third-order valence-corrected chi connectivity index (χ3v) is 4.31. The van der Waals surface area contributed by atoms with Crippen LogP contribution in [0.25, 0.3) is 0 Å². The monoisotopic (exact) mass is 356 g/mol. The fourth-order valence-corrected chi connectivity index (χ4v) is 3.00. The van der Waals surface area contributed by atoms with Crippen molar-refractivity contribution in [2.45, 2.75) is 46.3 Å². The van der Waals surface area contributed by atoms with Gasteiger partial charge in [0.2, 0.25) is 5.91 Å². The normalized spacial score (nSPS) is 17.4. The van der Waals surface area contributed by atoms with Gasteiger partial charge in [-0.3, -0.25) is 9.69 Å². The number of carbonyl (C=O) groups excluding carboxylic acids is 1. The first-order chi connectivity index (χ1) is 11.5. The van der Waals surface area contributed by atoms with Crippen LogP contribution in [-0.2, 0) is 17.5 Å². The summed E-state index contributed by atoms with van der Waals surface area (Å²) in [6, 6.07) is 5.34. The van der Waals surface area contributed by atoms with Crippen molar-refractivity contribution >= 4 is 5.91 Å². The molecule has 140 valence electrons. The Morgan fingerprint density at radius 1 is 1.00 bits per heavy atom. The Morgan fingerprint density at radius 3 is 2.20 bits per heavy atom. The third-order valence-electron chi connectivity index (χ3n) is 4.31. The smallest absolute Gasteiger partial charge is 0.341 e. The highest BCUT2D eigenvalue weighted by Crippen LogP contribution is 2.29. The van der Waals surface area contributed by atoms with E-state index in [1.54, 1.807) is 0 Å². The molecule has 1 fully saturated rings. The van der Waals surface area contributed by atoms with Gasteiger partial charge in [0.1, 0.15) is 0 Å². The van der Waals surface area contributed by atoms with E-state index in [9.17, 15) is 18.0 Å². The molecule has 1 aliphatic heterocycles. The molecule has 25 heavy (non-hydrogen) atoms. The molecule has 2 rings (SSSR count). The van der Waals surface area contributed by atoms with E-state index >= 15 is 0 Å². The van der Waals surface area contributed by atoms with Crippen molar-refractivity contribution in [3.05, 3.63) is 35.4 Å². The number of halogens is 3. The molecule has 0 spiro atoms. The number of hydrogen-bond donors (Lipinski definition) is 0. The minimum Gasteiger partial charge on any atom is -0.341 e. The predicted octanol–water partition coefficient (Wildman–Crippen LogP) is 4.18. The van der Waals surface area contributed by atoms with Gasteiger partial charge in [-0.2, -0.15) is 13.2 Å². The number of carbonyl (C=O) groups is 1. The summed E-state index contributed by atoms with van der Waals surface area (Å²) >= 11 is 0. The Morgan fingerprint density at radius 2 is 1.64 bits per heavy atom. The molecular weight excluding hydrogens is 329 g/mol. The van der Waals surface area contributed by atoms with Crippen LogP contribution in [0.1, 0.15) is 44.7 Å². The summed E-state index contributed by atoms with van der Waals surface area (Å²) in [6.07, 6.45) is -2.88. The van der Waals surface area contributed by atoms with Crippen molar-refractivity contribution in [3.63, 3.8) is 0 Å². The van der Waals surface area contributed by atoms with Gasteiger partial charge in [-0.05, 0) is 29.5 Å². The van der Waals surface area contributed by atoms with Crippen LogP contribution < -0.4 is 0 Å². The van der Waals surface area contributed by atoms with Crippen molar-refractivity contribution in [1.82, 2.24) is 9.80 Å². The Labute approximate surface area is 147 Å². The summed E-state index contributed by atoms with van der Waals surface area (Å²) < 4.78 is 37.9. The van der Waals surface area contributed by atoms with Crippen LogP contribution in [0.15, 0.2) is 24.3 Å². The summed E-state index contributed by atoms with van der Waals surface area (Å²) in [6.45, 7) is 9.80. The van der Waals surface area contributed by atoms with Gasteiger partial charge >= 0.3 is 6.18 Å². The topological polar surface area (TPSA) is 23.6 Å². The summed E-state index contributed by atoms with van der Waals surface area (Å²) in [4.78, 5) is 16.5. The SMILES string of the molecule is CC(C)(C)CC(=O)N1CCCN(Cc2ccc(C(F)(F)F)cc2)CC1. The molecule has 0 bridgehead atoms. The molecule has 0 aromatic heterocycles. The maximum Gasteiger partial charge on any atom is 0.416 e. The second-order valence-corrected chi connectivity index (χ2v) is 7.94. The van der Waals surface area contributed by atoms with Crippen LogP contribution in [0.3, 0.4) is 0 Å². The molecule has 0 unspecified atom stereocenters. The van der Waals surface area contributed by atoms with Gasteiger partial charge in [0, 0.05) is 39.1 Å². The number of nitrogens with zero attached hydrogens (tertiary/aromatic N) is 2. The highest BCUT2D eigenvalue weighted by atomic mass is 19.4. The van der Waals surface area contributed by atoms with Crippen molar-refractivity contribution in [3.8, 4) is 0 Å². The summed E-state index contributed by atoms with van der Waals surface area (Å²) in [5.41, 5.74) is 0.220. The predicted molar refractivity (Wildman–Crippen MR) is 92.0 cm³/mol. The van der Waals surface area contributed by atoms with E-state index in [2.05, 4.69) is 25.7 Å². The molecule has 0 radical (unpaired) electrons. The van der Waals surface area contributed by atoms with Crippen molar-refractivity contribution < 1.29 is 18.0 Å². The largest absolute Gasteiger partial charge is 0.416 e. The zero-order chi connectivity index (χ0) is 18.7. The van der Waals surface area contributed by atoms with Crippen LogP contribution in [0.2, 0.25) is 0 Å². The molecule has 0 N–H and O–H groups in total. The zero-order valence-electron chi connectivity index (χ0n) is 15.2. The van der Waals surface area contributed by atoms with Gasteiger partial charge in [0.15, 0.2) is 0 Å². The second-order valence-electron chi connectivity index (χ2n) is 7.94. The Kier molecular flexibility index (Phi) is 6.14. The second kappa shape index (κ2) is 7.77. The zero-order valence-corrected chi connectivity index (χ0v) is 15.2. The average molecular weight is 356 g/mol. The van der Waals surface area contributed by atoms with E-state index in [1.165, 1.54) is 12.1 Å². The lowest BCUT2D eigenvalue weighted by molar-refractivity contribution is -0.137. The molecule has 6 heteroatoms. The minimum atomic E-state index is -4.30. The van der Waals surface area contributed by atoms with E-state index < -0.39 is 11.7 Å². The summed E-state index contributed by atoms with van der Waals surface area (Å²) in [5.74, 6) is 0.184. The van der Waals surface area contributed by atoms with Crippen molar-refractivity contribution in [1.29, 1.82) is 0 Å². The maximum absolute atomic E-state index is 12.6. The first-order valence-electron chi connectivity index (χ1n) is 8.71. The minimum absolute atomic E-state index is 0.0245. The average Bonchev–Trinajstić information content (AvgIpc) is 2.71. The summed E-state index contributed by atoms with van der Waals surface area (Å²) in [7, 11) is 0. The van der Waals surface area contributed by atoms with Gasteiger partial charge in [0.05, 0.1) is 5.56 Å². The fourth-order valence-electron chi connectivity index (χ4n) is 3.00. The fraction of sp³-hybridized carbons (Fsp3) is 0.632. The molecule has 0 atom stereocenters. The van der Waals surface area contributed by atoms with E-state index in [4.69, 9.17) is 0 Å². The molecule has 1 saturated heterocycles. The highest BCUT2D eigenvalue weighted by molar-refractivity contribution is 5.76. The molecule has 1 aromatic rings. The van der Waals surface area contributed by atoms with Crippen LogP contribution in [0.5, 0.6) is 0 Å². The van der Waals surface area contributed by atoms with Crippen LogP contribution in [0, 0.1) is 5.41 Å². The van der Waals surface area contributed by atoms with Gasteiger partial charge in [-0.25, -0.2) is 0 Å². The number of alkyl halides is 3. The van der Waals surface area contributed by atoms with Gasteiger partial charge in [-0.15, -0.1) is 0 Å². The third kappa shape index (κ3) is 6.34. The molecule has 1 amide bonds. The van der Waals surface area contributed by atoms with Gasteiger partial charge in [0.25, 0.3) is 0 Å². The van der Waals surface area contributed by atoms with Crippen LogP contribution in [0.4, 0.5) is 13.2 Å². The molecular formula is C19H27F3N2O. The lowest BCUT2D eigenvalue weighted by Crippen LogP contribution is -2.36. The summed E-state index contributed by atoms with van der Waals surface area (Å²) in [5, 5.41) is 0. The van der Waals surface area contributed by atoms with Crippen LogP contribution >= 0.6 is 0 Å². The quantitative estimate of drug-likeness (QED) is 0.811. The highest BCUT2D eigenvalue weighted by Gasteiger charge is 2.30. The van der Waals surface area contributed by atoms with Gasteiger partial charge in [-0.1, -0.05) is 32.9 Å². The first-order valence-corrected chi connectivity index (χ1v) is 8.71. The van der Waals surface area contributed by atoms with E-state index in [0.717, 1.165) is 43.8 Å². The van der Waals surface area contributed by atoms with Gasteiger partial charge < -0.3 is 4.90 Å². The lowest BCUT2D eigenvalue weighted by atomic mass is 9.91. The standard InChI is InChI=1S/C19H27F3N2O/c1-18(2,3)13-17(25)24-10-4-9-23(11-12-24)14-15-5-7-16(8-6-15)19(20,21)22/h5-8H,4,9-14H2,1-3H3. The van der Waals surface area contributed by atoms with E-state index in [1.807, 2.05) is 4.90 Å². The van der Waals surface area contributed by atoms with Crippen molar-refractivity contribution in [2.75, 3.05) is 26.2 Å². The Bertz CT molecular complexity index is 576. The molecule has 3 nitrogen and oxygen atoms in total. The Balaban J connectivity index is 1.90. The maximum atomic E-state index is 12.6. The number of benzene rings is 1. The Hall–Kier alpha value is -1.56. The van der Waals surface area contributed by atoms with E-state index in [0.29, 0.717) is 19.5 Å². The van der Waals surface area contributed by atoms with Crippen molar-refractivity contribution in [2.24, 2.45) is 5.41 Å². The molecule has 0 saturated carbocycles. The molecule has 1 aliphatic rings.